The van der Waals surface area contributed by atoms with Crippen molar-refractivity contribution in [2.45, 2.75) is 71.3 Å². The first-order valence-corrected chi connectivity index (χ1v) is 14.9. The fourth-order valence-corrected chi connectivity index (χ4v) is 6.13. The zero-order chi connectivity index (χ0) is 28.9. The van der Waals surface area contributed by atoms with Crippen molar-refractivity contribution in [2.75, 3.05) is 11.4 Å². The Morgan fingerprint density at radius 2 is 1.61 bits per heavy atom. The molecular formula is C36H40N2O3. The number of carboxylic acids is 1. The van der Waals surface area contributed by atoms with Crippen LogP contribution in [0.5, 0.6) is 0 Å². The van der Waals surface area contributed by atoms with Gasteiger partial charge in [-0.1, -0.05) is 101 Å². The molecule has 1 amide bonds. The highest BCUT2D eigenvalue weighted by molar-refractivity contribution is 6.07. The third kappa shape index (κ3) is 5.85. The zero-order valence-electron chi connectivity index (χ0n) is 24.3. The van der Waals surface area contributed by atoms with Gasteiger partial charge in [-0.15, -0.1) is 0 Å². The van der Waals surface area contributed by atoms with Gasteiger partial charge in [0.05, 0.1) is 11.4 Å². The Balaban J connectivity index is 1.55. The summed E-state index contributed by atoms with van der Waals surface area (Å²) in [7, 11) is 0. The second kappa shape index (κ2) is 12.6. The lowest BCUT2D eigenvalue weighted by atomic mass is 9.90. The van der Waals surface area contributed by atoms with E-state index < -0.39 is 12.0 Å². The topological polar surface area (TPSA) is 69.6 Å². The quantitative estimate of drug-likeness (QED) is 0.185. The van der Waals surface area contributed by atoms with Gasteiger partial charge < -0.3 is 15.3 Å². The zero-order valence-corrected chi connectivity index (χ0v) is 24.3. The number of carboxylic acid groups (broad SMARTS) is 1. The fraction of sp³-hybridized carbons (Fsp3) is 0.333. The molecule has 1 unspecified atom stereocenters. The SMILES string of the molecule is CCCCCCC(=O)NCCc1cccc2ccc3c(c12)C=CC(C(=O)O)N3c1cccc2cccc(C(C)C)c12. The number of aliphatic carboxylic acids is 1. The highest BCUT2D eigenvalue weighted by Gasteiger charge is 2.32. The van der Waals surface area contributed by atoms with Gasteiger partial charge >= 0.3 is 5.97 Å². The number of amides is 1. The van der Waals surface area contributed by atoms with Gasteiger partial charge in [-0.3, -0.25) is 4.79 Å². The molecule has 41 heavy (non-hydrogen) atoms. The lowest BCUT2D eigenvalue weighted by Crippen LogP contribution is -2.38. The standard InChI is InChI=1S/C36H40N2O3/c1-4-5-6-7-17-33(39)37-23-22-27-12-8-11-26-18-20-30-29(34(26)27)19-21-32(36(40)41)38(30)31-16-10-14-25-13-9-15-28(24(2)3)35(25)31/h8-16,18-21,24,32H,4-7,17,22-23H2,1-3H3,(H,37,39)(H,40,41). The van der Waals surface area contributed by atoms with Crippen LogP contribution in [0.15, 0.2) is 72.8 Å². The van der Waals surface area contributed by atoms with E-state index in [-0.39, 0.29) is 11.8 Å². The first kappa shape index (κ1) is 28.4. The molecule has 0 aromatic heterocycles. The van der Waals surface area contributed by atoms with Gasteiger partial charge in [-0.2, -0.15) is 0 Å². The molecule has 1 aliphatic rings. The van der Waals surface area contributed by atoms with E-state index in [4.69, 9.17) is 0 Å². The van der Waals surface area contributed by atoms with Crippen molar-refractivity contribution < 1.29 is 14.7 Å². The van der Waals surface area contributed by atoms with Gasteiger partial charge in [0.2, 0.25) is 5.91 Å². The number of carbonyl (C=O) groups is 2. The first-order valence-electron chi connectivity index (χ1n) is 14.9. The summed E-state index contributed by atoms with van der Waals surface area (Å²) in [5, 5.41) is 17.8. The monoisotopic (exact) mass is 548 g/mol. The van der Waals surface area contributed by atoms with E-state index in [1.54, 1.807) is 6.08 Å². The Morgan fingerprint density at radius 3 is 2.34 bits per heavy atom. The summed E-state index contributed by atoms with van der Waals surface area (Å²) in [5.41, 5.74) is 5.14. The second-order valence-corrected chi connectivity index (χ2v) is 11.3. The summed E-state index contributed by atoms with van der Waals surface area (Å²) in [6.45, 7) is 7.09. The van der Waals surface area contributed by atoms with Crippen LogP contribution >= 0.6 is 0 Å². The van der Waals surface area contributed by atoms with Crippen molar-refractivity contribution in [2.24, 2.45) is 0 Å². The van der Waals surface area contributed by atoms with E-state index in [1.807, 2.05) is 23.1 Å². The lowest BCUT2D eigenvalue weighted by molar-refractivity contribution is -0.137. The number of rotatable bonds is 11. The summed E-state index contributed by atoms with van der Waals surface area (Å²) in [6.07, 6.45) is 9.39. The van der Waals surface area contributed by atoms with E-state index in [0.29, 0.717) is 19.4 Å². The smallest absolute Gasteiger partial charge is 0.330 e. The highest BCUT2D eigenvalue weighted by Crippen LogP contribution is 2.44. The second-order valence-electron chi connectivity index (χ2n) is 11.3. The van der Waals surface area contributed by atoms with Gasteiger partial charge in [0.1, 0.15) is 0 Å². The number of hydrogen-bond acceptors (Lipinski definition) is 3. The van der Waals surface area contributed by atoms with Crippen molar-refractivity contribution >= 4 is 50.9 Å². The van der Waals surface area contributed by atoms with Crippen LogP contribution in [0.25, 0.3) is 27.6 Å². The Kier molecular flexibility index (Phi) is 8.72. The minimum Gasteiger partial charge on any atom is -0.479 e. The third-order valence-electron chi connectivity index (χ3n) is 8.16. The molecule has 0 saturated carbocycles. The van der Waals surface area contributed by atoms with Gasteiger partial charge in [-0.05, 0) is 64.3 Å². The van der Waals surface area contributed by atoms with Crippen LogP contribution in [-0.2, 0) is 16.0 Å². The average molecular weight is 549 g/mol. The van der Waals surface area contributed by atoms with Crippen LogP contribution in [0, 0.1) is 0 Å². The van der Waals surface area contributed by atoms with Crippen molar-refractivity contribution in [1.82, 2.24) is 5.32 Å². The first-order chi connectivity index (χ1) is 19.9. The Labute approximate surface area is 242 Å². The molecule has 5 heteroatoms. The Morgan fingerprint density at radius 1 is 0.878 bits per heavy atom. The maximum Gasteiger partial charge on any atom is 0.330 e. The summed E-state index contributed by atoms with van der Waals surface area (Å²) in [4.78, 5) is 27.0. The van der Waals surface area contributed by atoms with Crippen LogP contribution < -0.4 is 10.2 Å². The number of anilines is 2. The van der Waals surface area contributed by atoms with Crippen molar-refractivity contribution in [1.29, 1.82) is 0 Å². The van der Waals surface area contributed by atoms with Crippen LogP contribution in [-0.4, -0.2) is 29.6 Å². The van der Waals surface area contributed by atoms with Gasteiger partial charge in [0.15, 0.2) is 6.04 Å². The van der Waals surface area contributed by atoms with Crippen LogP contribution in [0.2, 0.25) is 0 Å². The molecule has 1 heterocycles. The van der Waals surface area contributed by atoms with Gasteiger partial charge in [0.25, 0.3) is 0 Å². The number of unbranched alkanes of at least 4 members (excludes halogenated alkanes) is 3. The molecule has 0 aliphatic carbocycles. The minimum absolute atomic E-state index is 0.107. The molecule has 4 aromatic rings. The molecule has 0 radical (unpaired) electrons. The van der Waals surface area contributed by atoms with Crippen LogP contribution in [0.1, 0.15) is 75.5 Å². The molecular weight excluding hydrogens is 508 g/mol. The number of nitrogens with zero attached hydrogens (tertiary/aromatic N) is 1. The van der Waals surface area contributed by atoms with Gasteiger partial charge in [-0.25, -0.2) is 4.79 Å². The number of hydrogen-bond donors (Lipinski definition) is 2. The largest absolute Gasteiger partial charge is 0.479 e. The van der Waals surface area contributed by atoms with E-state index >= 15 is 0 Å². The predicted octanol–water partition coefficient (Wildman–Crippen LogP) is 8.36. The summed E-state index contributed by atoms with van der Waals surface area (Å²) >= 11 is 0. The third-order valence-corrected chi connectivity index (χ3v) is 8.16. The maximum atomic E-state index is 12.6. The van der Waals surface area contributed by atoms with E-state index in [2.05, 4.69) is 80.7 Å². The molecule has 0 bridgehead atoms. The molecule has 0 spiro atoms. The molecule has 212 valence electrons. The summed E-state index contributed by atoms with van der Waals surface area (Å²) in [5.74, 6) is -0.496. The molecule has 1 aliphatic heterocycles. The average Bonchev–Trinajstić information content (AvgIpc) is 2.97. The summed E-state index contributed by atoms with van der Waals surface area (Å²) < 4.78 is 0. The Bertz CT molecular complexity index is 1600. The van der Waals surface area contributed by atoms with Crippen molar-refractivity contribution in [3.8, 4) is 0 Å². The minimum atomic E-state index is -0.888. The summed E-state index contributed by atoms with van der Waals surface area (Å²) in [6, 6.07) is 22.0. The number of fused-ring (bicyclic) bond motifs is 4. The lowest BCUT2D eigenvalue weighted by Gasteiger charge is -2.35. The number of benzene rings is 4. The Hall–Kier alpha value is -4.12. The maximum absolute atomic E-state index is 12.6. The molecule has 5 rings (SSSR count). The van der Waals surface area contributed by atoms with Crippen molar-refractivity contribution in [3.63, 3.8) is 0 Å². The van der Waals surface area contributed by atoms with Crippen molar-refractivity contribution in [3.05, 3.63) is 89.5 Å². The molecule has 0 saturated heterocycles. The predicted molar refractivity (Wildman–Crippen MR) is 170 cm³/mol. The molecule has 4 aromatic carbocycles. The molecule has 0 fully saturated rings. The van der Waals surface area contributed by atoms with E-state index in [0.717, 1.165) is 63.3 Å². The molecule has 1 atom stereocenters. The highest BCUT2D eigenvalue weighted by atomic mass is 16.4. The van der Waals surface area contributed by atoms with E-state index in [9.17, 15) is 14.7 Å². The molecule has 5 nitrogen and oxygen atoms in total. The number of nitrogens with one attached hydrogen (secondary N) is 1. The molecule has 2 N–H and O–H groups in total. The van der Waals surface area contributed by atoms with E-state index in [1.165, 1.54) is 12.0 Å². The van der Waals surface area contributed by atoms with Crippen LogP contribution in [0.4, 0.5) is 11.4 Å². The fourth-order valence-electron chi connectivity index (χ4n) is 6.13. The van der Waals surface area contributed by atoms with Gasteiger partial charge in [0, 0.05) is 23.9 Å². The van der Waals surface area contributed by atoms with Crippen LogP contribution in [0.3, 0.4) is 0 Å². The normalized spacial score (nSPS) is 14.5. The number of carbonyl (C=O) groups excluding carboxylic acids is 1.